The third-order valence-electron chi connectivity index (χ3n) is 3.22. The predicted molar refractivity (Wildman–Crippen MR) is 59.6 cm³/mol. The van der Waals surface area contributed by atoms with Crippen molar-refractivity contribution in [1.82, 2.24) is 9.80 Å². The number of likely N-dealkylation sites (tertiary alicyclic amines) is 1. The first-order valence-corrected chi connectivity index (χ1v) is 5.95. The first-order valence-electron chi connectivity index (χ1n) is 5.95. The van der Waals surface area contributed by atoms with Gasteiger partial charge in [-0.1, -0.05) is 0 Å². The fourth-order valence-electron chi connectivity index (χ4n) is 2.29. The molecular weight excluding hydrogens is 224 g/mol. The molecule has 0 bridgehead atoms. The summed E-state index contributed by atoms with van der Waals surface area (Å²) >= 11 is 0. The van der Waals surface area contributed by atoms with E-state index < -0.39 is 5.97 Å². The maximum Gasteiger partial charge on any atom is 0.303 e. The second-order valence-electron chi connectivity index (χ2n) is 4.65. The van der Waals surface area contributed by atoms with E-state index in [0.29, 0.717) is 32.8 Å². The van der Waals surface area contributed by atoms with Gasteiger partial charge in [0.05, 0.1) is 26.2 Å². The minimum Gasteiger partial charge on any atom is -0.481 e. The predicted octanol–water partition coefficient (Wildman–Crippen LogP) is -0.748. The molecule has 17 heavy (non-hydrogen) atoms. The lowest BCUT2D eigenvalue weighted by Gasteiger charge is -2.39. The largest absolute Gasteiger partial charge is 0.481 e. The van der Waals surface area contributed by atoms with Crippen LogP contribution in [0.3, 0.4) is 0 Å². The van der Waals surface area contributed by atoms with Gasteiger partial charge in [-0.25, -0.2) is 0 Å². The number of rotatable bonds is 4. The normalized spacial score (nSPS) is 22.2. The first kappa shape index (κ1) is 12.3. The minimum absolute atomic E-state index is 0.127. The van der Waals surface area contributed by atoms with Gasteiger partial charge in [0.2, 0.25) is 5.91 Å². The molecule has 0 atom stereocenters. The Hall–Kier alpha value is -1.14. The van der Waals surface area contributed by atoms with Gasteiger partial charge in [0.1, 0.15) is 0 Å². The molecule has 1 N–H and O–H groups in total. The van der Waals surface area contributed by atoms with E-state index in [0.717, 1.165) is 13.1 Å². The summed E-state index contributed by atoms with van der Waals surface area (Å²) in [6, 6.07) is 0. The summed E-state index contributed by atoms with van der Waals surface area (Å²) in [4.78, 5) is 26.1. The fourth-order valence-corrected chi connectivity index (χ4v) is 2.29. The van der Waals surface area contributed by atoms with Crippen LogP contribution >= 0.6 is 0 Å². The number of aliphatic carboxylic acids is 1. The zero-order valence-electron chi connectivity index (χ0n) is 9.80. The molecule has 0 aromatic heterocycles. The molecule has 2 fully saturated rings. The maximum absolute atomic E-state index is 11.8. The Morgan fingerprint density at radius 2 is 1.88 bits per heavy atom. The highest BCUT2D eigenvalue weighted by atomic mass is 16.5. The molecule has 6 heteroatoms. The van der Waals surface area contributed by atoms with Gasteiger partial charge in [-0.15, -0.1) is 0 Å². The third kappa shape index (κ3) is 3.41. The second kappa shape index (κ2) is 5.46. The molecule has 0 aromatic carbocycles. The Labute approximate surface area is 100 Å². The van der Waals surface area contributed by atoms with E-state index in [1.165, 1.54) is 0 Å². The zero-order valence-corrected chi connectivity index (χ0v) is 9.80. The van der Waals surface area contributed by atoms with Crippen molar-refractivity contribution >= 4 is 11.9 Å². The standard InChI is InChI=1S/C11H18N2O4/c14-10(13-1-3-17-4-2-13)8-12-6-9(7-12)5-11(15)16/h9H,1-8H2,(H,15,16). The number of ether oxygens (including phenoxy) is 1. The Morgan fingerprint density at radius 3 is 2.47 bits per heavy atom. The summed E-state index contributed by atoms with van der Waals surface area (Å²) < 4.78 is 5.18. The molecule has 0 radical (unpaired) electrons. The number of amides is 1. The Kier molecular flexibility index (Phi) is 3.96. The number of carbonyl (C=O) groups is 2. The quantitative estimate of drug-likeness (QED) is 0.702. The van der Waals surface area contributed by atoms with Gasteiger partial charge >= 0.3 is 5.97 Å². The van der Waals surface area contributed by atoms with Crippen LogP contribution in [0.5, 0.6) is 0 Å². The monoisotopic (exact) mass is 242 g/mol. The topological polar surface area (TPSA) is 70.1 Å². The number of hydrogen-bond acceptors (Lipinski definition) is 4. The molecular formula is C11H18N2O4. The molecule has 96 valence electrons. The molecule has 2 rings (SSSR count). The lowest BCUT2D eigenvalue weighted by atomic mass is 9.96. The Balaban J connectivity index is 1.65. The van der Waals surface area contributed by atoms with E-state index in [1.54, 1.807) is 0 Å². The van der Waals surface area contributed by atoms with Crippen LogP contribution in [0.15, 0.2) is 0 Å². The molecule has 0 unspecified atom stereocenters. The molecule has 2 heterocycles. The molecule has 2 aliphatic rings. The van der Waals surface area contributed by atoms with Crippen molar-refractivity contribution in [2.45, 2.75) is 6.42 Å². The van der Waals surface area contributed by atoms with Gasteiger partial charge in [-0.05, 0) is 5.92 Å². The first-order chi connectivity index (χ1) is 8.15. The van der Waals surface area contributed by atoms with Gasteiger partial charge in [0, 0.05) is 26.2 Å². The summed E-state index contributed by atoms with van der Waals surface area (Å²) in [5, 5.41) is 8.61. The fraction of sp³-hybridized carbons (Fsp3) is 0.818. The summed E-state index contributed by atoms with van der Waals surface area (Å²) in [7, 11) is 0. The highest BCUT2D eigenvalue weighted by molar-refractivity contribution is 5.78. The highest BCUT2D eigenvalue weighted by Gasteiger charge is 2.31. The lowest BCUT2D eigenvalue weighted by molar-refractivity contribution is -0.141. The van der Waals surface area contributed by atoms with Crippen LogP contribution in [0.4, 0.5) is 0 Å². The number of carbonyl (C=O) groups excluding carboxylic acids is 1. The van der Waals surface area contributed by atoms with Crippen molar-refractivity contribution in [2.24, 2.45) is 5.92 Å². The van der Waals surface area contributed by atoms with Crippen LogP contribution in [0.25, 0.3) is 0 Å². The van der Waals surface area contributed by atoms with Gasteiger partial charge < -0.3 is 14.7 Å². The average Bonchev–Trinajstić information content (AvgIpc) is 2.26. The van der Waals surface area contributed by atoms with Crippen LogP contribution in [0.1, 0.15) is 6.42 Å². The Bertz CT molecular complexity index is 296. The van der Waals surface area contributed by atoms with Gasteiger partial charge in [-0.2, -0.15) is 0 Å². The molecule has 0 aromatic rings. The van der Waals surface area contributed by atoms with Crippen molar-refractivity contribution in [1.29, 1.82) is 0 Å². The third-order valence-corrected chi connectivity index (χ3v) is 3.22. The van der Waals surface area contributed by atoms with E-state index in [1.807, 2.05) is 9.80 Å². The van der Waals surface area contributed by atoms with Crippen molar-refractivity contribution in [3.63, 3.8) is 0 Å². The average molecular weight is 242 g/mol. The summed E-state index contributed by atoms with van der Waals surface area (Å²) in [6.45, 7) is 4.44. The number of nitrogens with zero attached hydrogens (tertiary/aromatic N) is 2. The highest BCUT2D eigenvalue weighted by Crippen LogP contribution is 2.18. The lowest BCUT2D eigenvalue weighted by Crippen LogP contribution is -2.53. The van der Waals surface area contributed by atoms with Crippen molar-refractivity contribution in [3.8, 4) is 0 Å². The van der Waals surface area contributed by atoms with Crippen LogP contribution in [-0.4, -0.2) is 72.7 Å². The summed E-state index contributed by atoms with van der Waals surface area (Å²) in [5.74, 6) is -0.416. The minimum atomic E-state index is -0.755. The Morgan fingerprint density at radius 1 is 1.24 bits per heavy atom. The van der Waals surface area contributed by atoms with Gasteiger partial charge in [0.25, 0.3) is 0 Å². The van der Waals surface area contributed by atoms with Gasteiger partial charge in [0.15, 0.2) is 0 Å². The van der Waals surface area contributed by atoms with Crippen LogP contribution in [0.2, 0.25) is 0 Å². The molecule has 0 aliphatic carbocycles. The van der Waals surface area contributed by atoms with Crippen LogP contribution in [-0.2, 0) is 14.3 Å². The molecule has 2 aliphatic heterocycles. The van der Waals surface area contributed by atoms with E-state index >= 15 is 0 Å². The maximum atomic E-state index is 11.8. The van der Waals surface area contributed by atoms with Crippen molar-refractivity contribution < 1.29 is 19.4 Å². The number of hydrogen-bond donors (Lipinski definition) is 1. The SMILES string of the molecule is O=C(O)CC1CN(CC(=O)N2CCOCC2)C1. The van der Waals surface area contributed by atoms with Crippen LogP contribution < -0.4 is 0 Å². The molecule has 0 spiro atoms. The van der Waals surface area contributed by atoms with Crippen molar-refractivity contribution in [3.05, 3.63) is 0 Å². The van der Waals surface area contributed by atoms with E-state index in [9.17, 15) is 9.59 Å². The molecule has 0 saturated carbocycles. The second-order valence-corrected chi connectivity index (χ2v) is 4.65. The number of morpholine rings is 1. The molecule has 6 nitrogen and oxygen atoms in total. The number of carboxylic acids is 1. The van der Waals surface area contributed by atoms with E-state index in [-0.39, 0.29) is 18.2 Å². The smallest absolute Gasteiger partial charge is 0.303 e. The zero-order chi connectivity index (χ0) is 12.3. The van der Waals surface area contributed by atoms with Crippen LogP contribution in [0, 0.1) is 5.92 Å². The molecule has 2 saturated heterocycles. The summed E-state index contributed by atoms with van der Waals surface area (Å²) in [5.41, 5.74) is 0. The van der Waals surface area contributed by atoms with Crippen molar-refractivity contribution in [2.75, 3.05) is 45.9 Å². The van der Waals surface area contributed by atoms with E-state index in [4.69, 9.17) is 9.84 Å². The number of carboxylic acid groups (broad SMARTS) is 1. The summed E-state index contributed by atoms with van der Waals surface area (Å²) in [6.07, 6.45) is 0.211. The molecule has 1 amide bonds. The van der Waals surface area contributed by atoms with E-state index in [2.05, 4.69) is 0 Å². The van der Waals surface area contributed by atoms with Gasteiger partial charge in [-0.3, -0.25) is 14.5 Å².